The topological polar surface area (TPSA) is 34.1 Å². The first-order valence-corrected chi connectivity index (χ1v) is 9.90. The molecule has 0 heterocycles. The molecule has 2 nitrogen and oxygen atoms in total. The van der Waals surface area contributed by atoms with Crippen LogP contribution in [-0.2, 0) is 9.84 Å². The molecule has 120 valence electrons. The van der Waals surface area contributed by atoms with Gasteiger partial charge in [0, 0.05) is 0 Å². The van der Waals surface area contributed by atoms with Gasteiger partial charge in [-0.15, -0.1) is 0 Å². The number of hydrogen-bond donors (Lipinski definition) is 0. The van der Waals surface area contributed by atoms with Crippen molar-refractivity contribution >= 4 is 9.84 Å². The Kier molecular flexibility index (Phi) is 8.02. The molecule has 0 aromatic heterocycles. The molecular weight excluding hydrogens is 280 g/mol. The molecule has 0 bridgehead atoms. The van der Waals surface area contributed by atoms with Gasteiger partial charge >= 0.3 is 0 Å². The lowest BCUT2D eigenvalue weighted by atomic mass is 9.98. The third-order valence-electron chi connectivity index (χ3n) is 4.02. The quantitative estimate of drug-likeness (QED) is 0.560. The van der Waals surface area contributed by atoms with Crippen LogP contribution in [0.1, 0.15) is 64.4 Å². The number of hydrogen-bond acceptors (Lipinski definition) is 2. The molecule has 0 N–H and O–H groups in total. The summed E-state index contributed by atoms with van der Waals surface area (Å²) in [5.74, 6) is 1.09. The zero-order chi connectivity index (χ0) is 15.7. The van der Waals surface area contributed by atoms with Crippen LogP contribution in [0.2, 0.25) is 0 Å². The number of aryl methyl sites for hydroxylation is 1. The van der Waals surface area contributed by atoms with Gasteiger partial charge < -0.3 is 0 Å². The molecule has 1 aromatic carbocycles. The summed E-state index contributed by atoms with van der Waals surface area (Å²) >= 11 is 0. The van der Waals surface area contributed by atoms with E-state index in [1.165, 1.54) is 25.7 Å². The normalized spacial score (nSPS) is 13.3. The lowest BCUT2D eigenvalue weighted by Crippen LogP contribution is -2.06. The summed E-state index contributed by atoms with van der Waals surface area (Å²) in [6, 6.07) is 7.16. The molecule has 3 heteroatoms. The molecule has 1 rings (SSSR count). The lowest BCUT2D eigenvalue weighted by molar-refractivity contribution is 0.455. The van der Waals surface area contributed by atoms with Crippen molar-refractivity contribution in [3.63, 3.8) is 0 Å². The van der Waals surface area contributed by atoms with Gasteiger partial charge in [-0.25, -0.2) is 8.42 Å². The van der Waals surface area contributed by atoms with Crippen molar-refractivity contribution in [1.82, 2.24) is 0 Å². The van der Waals surface area contributed by atoms with Crippen molar-refractivity contribution in [3.8, 4) is 0 Å². The molecule has 1 aromatic rings. The van der Waals surface area contributed by atoms with E-state index in [1.54, 1.807) is 12.1 Å². The second kappa shape index (κ2) is 9.24. The Bertz CT molecular complexity index is 488. The first kappa shape index (κ1) is 18.2. The van der Waals surface area contributed by atoms with Crippen molar-refractivity contribution in [2.75, 3.05) is 5.75 Å². The molecule has 0 fully saturated rings. The van der Waals surface area contributed by atoms with Gasteiger partial charge in [0.1, 0.15) is 0 Å². The predicted octanol–water partition coefficient (Wildman–Crippen LogP) is 5.16. The van der Waals surface area contributed by atoms with Crippen molar-refractivity contribution in [2.24, 2.45) is 5.92 Å². The fourth-order valence-electron chi connectivity index (χ4n) is 2.64. The van der Waals surface area contributed by atoms with Gasteiger partial charge in [0.05, 0.1) is 10.6 Å². The maximum Gasteiger partial charge on any atom is 0.178 e. The van der Waals surface area contributed by atoms with E-state index in [9.17, 15) is 8.42 Å². The third kappa shape index (κ3) is 7.12. The van der Waals surface area contributed by atoms with Gasteiger partial charge in [-0.05, 0) is 31.4 Å². The summed E-state index contributed by atoms with van der Waals surface area (Å²) in [5, 5.41) is 0. The smallest absolute Gasteiger partial charge is 0.178 e. The Morgan fingerprint density at radius 1 is 0.952 bits per heavy atom. The molecule has 0 radical (unpaired) electrons. The van der Waals surface area contributed by atoms with Gasteiger partial charge in [-0.2, -0.15) is 0 Å². The average Bonchev–Trinajstić information content (AvgIpc) is 2.43. The van der Waals surface area contributed by atoms with E-state index in [2.05, 4.69) is 13.8 Å². The minimum atomic E-state index is -3.09. The molecule has 0 unspecified atom stereocenters. The van der Waals surface area contributed by atoms with E-state index in [0.717, 1.165) is 30.7 Å². The summed E-state index contributed by atoms with van der Waals surface area (Å²) in [4.78, 5) is 0.463. The number of benzene rings is 1. The summed E-state index contributed by atoms with van der Waals surface area (Å²) in [6.45, 7) is 6.51. The van der Waals surface area contributed by atoms with E-state index < -0.39 is 9.84 Å². The Labute approximate surface area is 130 Å². The molecule has 0 saturated heterocycles. The molecule has 0 amide bonds. The highest BCUT2D eigenvalue weighted by Crippen LogP contribution is 2.17. The molecule has 0 spiro atoms. The minimum absolute atomic E-state index is 0.278. The van der Waals surface area contributed by atoms with Crippen LogP contribution in [0.15, 0.2) is 29.2 Å². The zero-order valence-corrected chi connectivity index (χ0v) is 14.6. The Morgan fingerprint density at radius 3 is 2.19 bits per heavy atom. The monoisotopic (exact) mass is 310 g/mol. The fraction of sp³-hybridized carbons (Fsp3) is 0.667. The maximum atomic E-state index is 12.2. The van der Waals surface area contributed by atoms with Crippen LogP contribution < -0.4 is 0 Å². The molecular formula is C18H30O2S. The van der Waals surface area contributed by atoms with Gasteiger partial charge in [0.2, 0.25) is 0 Å². The highest BCUT2D eigenvalue weighted by Gasteiger charge is 2.13. The van der Waals surface area contributed by atoms with Crippen molar-refractivity contribution in [2.45, 2.75) is 70.6 Å². The van der Waals surface area contributed by atoms with Crippen LogP contribution in [0.4, 0.5) is 0 Å². The largest absolute Gasteiger partial charge is 0.224 e. The van der Waals surface area contributed by atoms with E-state index >= 15 is 0 Å². The highest BCUT2D eigenvalue weighted by atomic mass is 32.2. The summed E-state index contributed by atoms with van der Waals surface area (Å²) < 4.78 is 24.3. The first-order chi connectivity index (χ1) is 9.95. The standard InChI is InChI=1S/C18H30O2S/c1-4-9-16(2)10-7-5-6-8-15-21(19,20)18-13-11-17(3)12-14-18/h11-14,16H,4-10,15H2,1-3H3/t16-/m1/s1. The zero-order valence-electron chi connectivity index (χ0n) is 13.8. The van der Waals surface area contributed by atoms with Crippen LogP contribution in [0, 0.1) is 12.8 Å². The maximum absolute atomic E-state index is 12.2. The van der Waals surface area contributed by atoms with E-state index in [1.807, 2.05) is 19.1 Å². The van der Waals surface area contributed by atoms with Crippen molar-refractivity contribution < 1.29 is 8.42 Å². The van der Waals surface area contributed by atoms with Gasteiger partial charge in [0.25, 0.3) is 0 Å². The van der Waals surface area contributed by atoms with Gasteiger partial charge in [-0.3, -0.25) is 0 Å². The summed E-state index contributed by atoms with van der Waals surface area (Å²) in [7, 11) is -3.09. The predicted molar refractivity (Wildman–Crippen MR) is 90.4 cm³/mol. The van der Waals surface area contributed by atoms with E-state index in [0.29, 0.717) is 4.90 Å². The number of sulfone groups is 1. The Balaban J connectivity index is 2.24. The summed E-state index contributed by atoms with van der Waals surface area (Å²) in [6.07, 6.45) is 8.02. The van der Waals surface area contributed by atoms with Gasteiger partial charge in [-0.1, -0.05) is 70.1 Å². The second-order valence-electron chi connectivity index (χ2n) is 6.23. The first-order valence-electron chi connectivity index (χ1n) is 8.25. The Morgan fingerprint density at radius 2 is 1.57 bits per heavy atom. The summed E-state index contributed by atoms with van der Waals surface area (Å²) in [5.41, 5.74) is 1.09. The molecule has 1 atom stereocenters. The lowest BCUT2D eigenvalue weighted by Gasteiger charge is -2.09. The van der Waals surface area contributed by atoms with Crippen molar-refractivity contribution in [3.05, 3.63) is 29.8 Å². The SMILES string of the molecule is CCC[C@@H](C)CCCCCCS(=O)(=O)c1ccc(C)cc1. The molecule has 21 heavy (non-hydrogen) atoms. The molecule has 0 aliphatic rings. The minimum Gasteiger partial charge on any atom is -0.224 e. The second-order valence-corrected chi connectivity index (χ2v) is 8.34. The van der Waals surface area contributed by atoms with Crippen LogP contribution >= 0.6 is 0 Å². The molecule has 0 saturated carbocycles. The highest BCUT2D eigenvalue weighted by molar-refractivity contribution is 7.91. The van der Waals surface area contributed by atoms with E-state index in [-0.39, 0.29) is 5.75 Å². The van der Waals surface area contributed by atoms with Crippen LogP contribution in [-0.4, -0.2) is 14.2 Å². The van der Waals surface area contributed by atoms with Crippen LogP contribution in [0.25, 0.3) is 0 Å². The third-order valence-corrected chi connectivity index (χ3v) is 5.84. The van der Waals surface area contributed by atoms with E-state index in [4.69, 9.17) is 0 Å². The van der Waals surface area contributed by atoms with Crippen LogP contribution in [0.3, 0.4) is 0 Å². The van der Waals surface area contributed by atoms with Crippen molar-refractivity contribution in [1.29, 1.82) is 0 Å². The Hall–Kier alpha value is -0.830. The van der Waals surface area contributed by atoms with Crippen LogP contribution in [0.5, 0.6) is 0 Å². The average molecular weight is 311 g/mol. The number of rotatable bonds is 10. The fourth-order valence-corrected chi connectivity index (χ4v) is 4.01. The molecule has 0 aliphatic heterocycles. The molecule has 0 aliphatic carbocycles. The number of unbranched alkanes of at least 4 members (excludes halogenated alkanes) is 3. The van der Waals surface area contributed by atoms with Gasteiger partial charge in [0.15, 0.2) is 9.84 Å².